The molecule has 4 aliphatic carbocycles. The molecular formula is C24H36O3. The smallest absolute Gasteiger partial charge is 0.306 e. The number of aliphatic hydroxyl groups excluding tert-OH is 1. The molecule has 5 rings (SSSR count). The normalized spacial score (nSPS) is 54.6. The van der Waals surface area contributed by atoms with Crippen LogP contribution in [0.3, 0.4) is 0 Å². The maximum absolute atomic E-state index is 11.9. The zero-order chi connectivity index (χ0) is 19.0. The summed E-state index contributed by atoms with van der Waals surface area (Å²) < 4.78 is 5.92. The number of fused-ring (bicyclic) bond motifs is 5. The number of aliphatic hydroxyl groups is 1. The molecule has 3 heteroatoms. The molecule has 150 valence electrons. The van der Waals surface area contributed by atoms with Crippen molar-refractivity contribution in [1.29, 1.82) is 0 Å². The molecule has 1 N–H and O–H groups in total. The number of hydrogen-bond donors (Lipinski definition) is 1. The Morgan fingerprint density at radius 2 is 1.85 bits per heavy atom. The monoisotopic (exact) mass is 372 g/mol. The molecule has 0 aromatic rings. The predicted molar refractivity (Wildman–Crippen MR) is 105 cm³/mol. The molecule has 0 unspecified atom stereocenters. The minimum Gasteiger partial charge on any atom is -0.459 e. The SMILES string of the molecule is C[C@]12CC[C@H]3[C@@H](CC=C4C[C@H](O)CC[C@@]43C)[C@@H]1CC[C@@H]2[C@@]1(C)CCC(=O)O1. The quantitative estimate of drug-likeness (QED) is 0.519. The van der Waals surface area contributed by atoms with Crippen LogP contribution >= 0.6 is 0 Å². The summed E-state index contributed by atoms with van der Waals surface area (Å²) in [6, 6.07) is 0. The van der Waals surface area contributed by atoms with Crippen molar-refractivity contribution in [2.45, 2.75) is 96.7 Å². The average Bonchev–Trinajstić information content (AvgIpc) is 3.15. The van der Waals surface area contributed by atoms with Gasteiger partial charge in [-0.1, -0.05) is 25.5 Å². The van der Waals surface area contributed by atoms with Crippen LogP contribution in [-0.4, -0.2) is 22.8 Å². The molecule has 27 heavy (non-hydrogen) atoms. The van der Waals surface area contributed by atoms with Crippen molar-refractivity contribution in [3.63, 3.8) is 0 Å². The fraction of sp³-hybridized carbons (Fsp3) is 0.875. The first kappa shape index (κ1) is 18.2. The second kappa shape index (κ2) is 5.84. The van der Waals surface area contributed by atoms with Gasteiger partial charge in [0.15, 0.2) is 0 Å². The van der Waals surface area contributed by atoms with Gasteiger partial charge >= 0.3 is 5.97 Å². The molecule has 0 radical (unpaired) electrons. The summed E-state index contributed by atoms with van der Waals surface area (Å²) in [5.74, 6) is 2.85. The first-order valence-corrected chi connectivity index (χ1v) is 11.4. The number of ether oxygens (including phenoxy) is 1. The van der Waals surface area contributed by atoms with Crippen LogP contribution in [0.5, 0.6) is 0 Å². The van der Waals surface area contributed by atoms with E-state index >= 15 is 0 Å². The third kappa shape index (κ3) is 2.46. The summed E-state index contributed by atoms with van der Waals surface area (Å²) >= 11 is 0. The van der Waals surface area contributed by atoms with Crippen molar-refractivity contribution < 1.29 is 14.6 Å². The molecule has 5 aliphatic rings. The molecule has 0 spiro atoms. The third-order valence-electron chi connectivity index (χ3n) is 9.99. The number of esters is 1. The van der Waals surface area contributed by atoms with E-state index in [4.69, 9.17) is 4.74 Å². The van der Waals surface area contributed by atoms with Crippen LogP contribution in [0.4, 0.5) is 0 Å². The van der Waals surface area contributed by atoms with Gasteiger partial charge in [0.25, 0.3) is 0 Å². The number of carbonyl (C=O) groups is 1. The van der Waals surface area contributed by atoms with E-state index in [2.05, 4.69) is 26.8 Å². The van der Waals surface area contributed by atoms with E-state index in [0.29, 0.717) is 23.2 Å². The van der Waals surface area contributed by atoms with Crippen molar-refractivity contribution in [2.75, 3.05) is 0 Å². The van der Waals surface area contributed by atoms with Crippen molar-refractivity contribution >= 4 is 5.97 Å². The molecule has 3 nitrogen and oxygen atoms in total. The highest BCUT2D eigenvalue weighted by molar-refractivity contribution is 5.72. The van der Waals surface area contributed by atoms with Gasteiger partial charge in [0.1, 0.15) is 5.60 Å². The van der Waals surface area contributed by atoms with Crippen molar-refractivity contribution in [3.05, 3.63) is 11.6 Å². The van der Waals surface area contributed by atoms with E-state index in [-0.39, 0.29) is 17.7 Å². The summed E-state index contributed by atoms with van der Waals surface area (Å²) in [6.45, 7) is 7.23. The number of hydrogen-bond acceptors (Lipinski definition) is 3. The molecule has 3 saturated carbocycles. The zero-order valence-electron chi connectivity index (χ0n) is 17.3. The Bertz CT molecular complexity index is 683. The summed E-state index contributed by atoms with van der Waals surface area (Å²) in [5.41, 5.74) is 1.95. The fourth-order valence-electron chi connectivity index (χ4n) is 8.60. The average molecular weight is 373 g/mol. The van der Waals surface area contributed by atoms with E-state index in [1.165, 1.54) is 32.1 Å². The second-order valence-electron chi connectivity index (χ2n) is 11.1. The summed E-state index contributed by atoms with van der Waals surface area (Å²) in [7, 11) is 0. The van der Waals surface area contributed by atoms with Crippen LogP contribution in [0.15, 0.2) is 11.6 Å². The largest absolute Gasteiger partial charge is 0.459 e. The summed E-state index contributed by atoms with van der Waals surface area (Å²) in [4.78, 5) is 11.9. The molecule has 0 amide bonds. The van der Waals surface area contributed by atoms with E-state index in [9.17, 15) is 9.90 Å². The van der Waals surface area contributed by atoms with Crippen LogP contribution in [0.1, 0.15) is 85.0 Å². The lowest BCUT2D eigenvalue weighted by molar-refractivity contribution is -0.158. The number of allylic oxidation sites excluding steroid dienone is 1. The molecule has 0 aromatic heterocycles. The van der Waals surface area contributed by atoms with E-state index in [1.54, 1.807) is 5.57 Å². The zero-order valence-corrected chi connectivity index (χ0v) is 17.3. The van der Waals surface area contributed by atoms with Crippen LogP contribution in [0, 0.1) is 34.5 Å². The van der Waals surface area contributed by atoms with Gasteiger partial charge < -0.3 is 9.84 Å². The number of carbonyl (C=O) groups excluding carboxylic acids is 1. The molecule has 1 aliphatic heterocycles. The maximum Gasteiger partial charge on any atom is 0.306 e. The Hall–Kier alpha value is -0.830. The van der Waals surface area contributed by atoms with Crippen LogP contribution in [0.2, 0.25) is 0 Å². The molecule has 8 atom stereocenters. The molecule has 4 fully saturated rings. The van der Waals surface area contributed by atoms with Gasteiger partial charge in [0.05, 0.1) is 6.10 Å². The van der Waals surface area contributed by atoms with Crippen LogP contribution in [0.25, 0.3) is 0 Å². The minimum atomic E-state index is -0.234. The number of cyclic esters (lactones) is 1. The van der Waals surface area contributed by atoms with Gasteiger partial charge in [0.2, 0.25) is 0 Å². The highest BCUT2D eigenvalue weighted by Gasteiger charge is 2.62. The van der Waals surface area contributed by atoms with Gasteiger partial charge in [0, 0.05) is 12.3 Å². The van der Waals surface area contributed by atoms with Gasteiger partial charge in [-0.3, -0.25) is 4.79 Å². The first-order valence-electron chi connectivity index (χ1n) is 11.4. The lowest BCUT2D eigenvalue weighted by atomic mass is 9.46. The highest BCUT2D eigenvalue weighted by atomic mass is 16.6. The molecular weight excluding hydrogens is 336 g/mol. The summed E-state index contributed by atoms with van der Waals surface area (Å²) in [6.07, 6.45) is 13.2. The van der Waals surface area contributed by atoms with E-state index < -0.39 is 0 Å². The lowest BCUT2D eigenvalue weighted by Crippen LogP contribution is -2.53. The predicted octanol–water partition coefficient (Wildman–Crippen LogP) is 5.02. The number of rotatable bonds is 1. The Labute approximate surface area is 163 Å². The Balaban J connectivity index is 1.44. The standard InChI is InChI=1S/C24H36O3/c1-22-11-8-16(25)14-15(22)4-5-17-18-6-7-20(23(18,2)12-9-19(17)22)24(3)13-10-21(26)27-24/h4,16-20,25H,5-14H2,1-3H3/t16-,17+,18+,19+,20+,22+,23+,24-/m1/s1. The van der Waals surface area contributed by atoms with Crippen molar-refractivity contribution in [2.24, 2.45) is 34.5 Å². The van der Waals surface area contributed by atoms with E-state index in [0.717, 1.165) is 43.4 Å². The van der Waals surface area contributed by atoms with E-state index in [1.807, 2.05) is 0 Å². The van der Waals surface area contributed by atoms with Gasteiger partial charge in [-0.2, -0.15) is 0 Å². The van der Waals surface area contributed by atoms with Crippen LogP contribution < -0.4 is 0 Å². The van der Waals surface area contributed by atoms with Crippen LogP contribution in [-0.2, 0) is 9.53 Å². The summed E-state index contributed by atoms with van der Waals surface area (Å²) in [5, 5.41) is 10.2. The molecule has 0 aromatic carbocycles. The van der Waals surface area contributed by atoms with Gasteiger partial charge in [-0.05, 0) is 93.3 Å². The maximum atomic E-state index is 11.9. The van der Waals surface area contributed by atoms with Gasteiger partial charge in [-0.15, -0.1) is 0 Å². The topological polar surface area (TPSA) is 46.5 Å². The molecule has 1 heterocycles. The second-order valence-corrected chi connectivity index (χ2v) is 11.1. The molecule has 0 bridgehead atoms. The Morgan fingerprint density at radius 3 is 2.59 bits per heavy atom. The third-order valence-corrected chi connectivity index (χ3v) is 9.99. The first-order chi connectivity index (χ1) is 12.8. The molecule has 1 saturated heterocycles. The van der Waals surface area contributed by atoms with Crippen molar-refractivity contribution in [1.82, 2.24) is 0 Å². The lowest BCUT2D eigenvalue weighted by Gasteiger charge is -2.58. The van der Waals surface area contributed by atoms with Crippen molar-refractivity contribution in [3.8, 4) is 0 Å². The minimum absolute atomic E-state index is 0.0109. The van der Waals surface area contributed by atoms with Gasteiger partial charge in [-0.25, -0.2) is 0 Å². The fourth-order valence-corrected chi connectivity index (χ4v) is 8.60. The Morgan fingerprint density at radius 1 is 1.04 bits per heavy atom. The highest BCUT2D eigenvalue weighted by Crippen LogP contribution is 2.68. The Kier molecular flexibility index (Phi) is 3.94.